The molecule has 3 aromatic carbocycles. The van der Waals surface area contributed by atoms with Gasteiger partial charge in [-0.25, -0.2) is 0 Å². The average molecular weight is 397 g/mol. The Morgan fingerprint density at radius 3 is 2.14 bits per heavy atom. The molecule has 0 aliphatic rings. The lowest BCUT2D eigenvalue weighted by atomic mass is 10.1. The lowest BCUT2D eigenvalue weighted by molar-refractivity contribution is 0.306. The zero-order chi connectivity index (χ0) is 19.8. The number of aryl methyl sites for hydroxylation is 2. The van der Waals surface area contributed by atoms with Crippen LogP contribution < -0.4 is 4.74 Å². The molecule has 0 aliphatic carbocycles. The third-order valence-electron chi connectivity index (χ3n) is 4.33. The predicted octanol–water partition coefficient (Wildman–Crippen LogP) is 4.91. The number of rotatable bonds is 9. The zero-order valence-electron chi connectivity index (χ0n) is 15.9. The molecule has 28 heavy (non-hydrogen) atoms. The topological polar surface area (TPSA) is 52.6 Å². The van der Waals surface area contributed by atoms with Crippen LogP contribution in [0.5, 0.6) is 5.75 Å². The second kappa shape index (κ2) is 9.53. The Hall–Kier alpha value is -2.63. The van der Waals surface area contributed by atoms with E-state index >= 15 is 0 Å². The van der Waals surface area contributed by atoms with Gasteiger partial charge in [0, 0.05) is 0 Å². The van der Waals surface area contributed by atoms with Crippen LogP contribution in [0.25, 0.3) is 0 Å². The Morgan fingerprint density at radius 2 is 1.46 bits per heavy atom. The molecule has 0 heterocycles. The highest BCUT2D eigenvalue weighted by Crippen LogP contribution is 2.17. The molecule has 0 spiro atoms. The van der Waals surface area contributed by atoms with Crippen LogP contribution in [-0.2, 0) is 27.3 Å². The lowest BCUT2D eigenvalue weighted by Gasteiger charge is -2.08. The summed E-state index contributed by atoms with van der Waals surface area (Å²) in [5, 5.41) is 0. The van der Waals surface area contributed by atoms with Crippen molar-refractivity contribution in [2.75, 3.05) is 6.61 Å². The van der Waals surface area contributed by atoms with Gasteiger partial charge in [-0.1, -0.05) is 60.2 Å². The van der Waals surface area contributed by atoms with Gasteiger partial charge in [-0.3, -0.25) is 4.18 Å². The Bertz CT molecular complexity index is 963. The zero-order valence-corrected chi connectivity index (χ0v) is 16.7. The third kappa shape index (κ3) is 5.94. The van der Waals surface area contributed by atoms with E-state index in [1.807, 2.05) is 61.5 Å². The summed E-state index contributed by atoms with van der Waals surface area (Å²) in [6.07, 6.45) is 1.36. The van der Waals surface area contributed by atoms with E-state index in [9.17, 15) is 8.42 Å². The maximum atomic E-state index is 12.1. The van der Waals surface area contributed by atoms with Crippen molar-refractivity contribution < 1.29 is 17.3 Å². The minimum Gasteiger partial charge on any atom is -0.489 e. The second-order valence-corrected chi connectivity index (χ2v) is 8.23. The van der Waals surface area contributed by atoms with E-state index in [1.54, 1.807) is 24.3 Å². The maximum absolute atomic E-state index is 12.1. The summed E-state index contributed by atoms with van der Waals surface area (Å²) in [5.74, 6) is 0.811. The van der Waals surface area contributed by atoms with Gasteiger partial charge in [0.05, 0.1) is 11.5 Å². The molecule has 0 radical (unpaired) electrons. The van der Waals surface area contributed by atoms with Crippen LogP contribution in [-0.4, -0.2) is 15.0 Å². The van der Waals surface area contributed by atoms with Gasteiger partial charge in [-0.05, 0) is 55.2 Å². The molecule has 3 rings (SSSR count). The summed E-state index contributed by atoms with van der Waals surface area (Å²) in [6, 6.07) is 24.5. The highest BCUT2D eigenvalue weighted by molar-refractivity contribution is 7.86. The molecular formula is C23H24O4S. The van der Waals surface area contributed by atoms with Crippen LogP contribution in [0.15, 0.2) is 83.8 Å². The molecule has 0 unspecified atom stereocenters. The van der Waals surface area contributed by atoms with Crippen molar-refractivity contribution in [3.63, 3.8) is 0 Å². The van der Waals surface area contributed by atoms with Crippen LogP contribution in [0, 0.1) is 6.92 Å². The van der Waals surface area contributed by atoms with Crippen molar-refractivity contribution in [2.45, 2.75) is 31.3 Å². The Balaban J connectivity index is 1.43. The van der Waals surface area contributed by atoms with Crippen molar-refractivity contribution in [2.24, 2.45) is 0 Å². The molecule has 5 heteroatoms. The van der Waals surface area contributed by atoms with Crippen LogP contribution in [0.4, 0.5) is 0 Å². The Labute approximate surface area is 166 Å². The summed E-state index contributed by atoms with van der Waals surface area (Å²) in [6.45, 7) is 2.60. The molecule has 0 atom stereocenters. The van der Waals surface area contributed by atoms with Crippen LogP contribution in [0.2, 0.25) is 0 Å². The van der Waals surface area contributed by atoms with Crippen molar-refractivity contribution in [3.05, 3.63) is 95.6 Å². The van der Waals surface area contributed by atoms with Gasteiger partial charge in [0.1, 0.15) is 12.4 Å². The monoisotopic (exact) mass is 396 g/mol. The second-order valence-electron chi connectivity index (χ2n) is 6.61. The van der Waals surface area contributed by atoms with Crippen molar-refractivity contribution in [1.29, 1.82) is 0 Å². The first-order valence-electron chi connectivity index (χ1n) is 9.25. The van der Waals surface area contributed by atoms with Gasteiger partial charge in [0.25, 0.3) is 10.1 Å². The molecule has 0 saturated heterocycles. The first kappa shape index (κ1) is 20.1. The van der Waals surface area contributed by atoms with Crippen molar-refractivity contribution >= 4 is 10.1 Å². The molecule has 0 aromatic heterocycles. The molecular weight excluding hydrogens is 372 g/mol. The van der Waals surface area contributed by atoms with E-state index < -0.39 is 10.1 Å². The molecule has 0 amide bonds. The normalized spacial score (nSPS) is 11.3. The lowest BCUT2D eigenvalue weighted by Crippen LogP contribution is -2.08. The van der Waals surface area contributed by atoms with Gasteiger partial charge in [-0.2, -0.15) is 8.42 Å². The predicted molar refractivity (Wildman–Crippen MR) is 110 cm³/mol. The molecule has 0 bridgehead atoms. The van der Waals surface area contributed by atoms with E-state index in [4.69, 9.17) is 8.92 Å². The highest BCUT2D eigenvalue weighted by Gasteiger charge is 2.14. The van der Waals surface area contributed by atoms with Crippen molar-refractivity contribution in [1.82, 2.24) is 0 Å². The average Bonchev–Trinajstić information content (AvgIpc) is 2.72. The quantitative estimate of drug-likeness (QED) is 0.381. The number of benzene rings is 3. The SMILES string of the molecule is Cc1ccc(S(=O)(=O)OCCCc2ccc(OCc3ccccc3)cc2)cc1. The summed E-state index contributed by atoms with van der Waals surface area (Å²) < 4.78 is 35.2. The summed E-state index contributed by atoms with van der Waals surface area (Å²) >= 11 is 0. The van der Waals surface area contributed by atoms with Gasteiger partial charge in [0.2, 0.25) is 0 Å². The molecule has 0 fully saturated rings. The van der Waals surface area contributed by atoms with Crippen molar-refractivity contribution in [3.8, 4) is 5.75 Å². The summed E-state index contributed by atoms with van der Waals surface area (Å²) in [4.78, 5) is 0.193. The smallest absolute Gasteiger partial charge is 0.296 e. The molecule has 0 aliphatic heterocycles. The van der Waals surface area contributed by atoms with Gasteiger partial charge in [0.15, 0.2) is 0 Å². The third-order valence-corrected chi connectivity index (χ3v) is 5.66. The Morgan fingerprint density at radius 1 is 0.786 bits per heavy atom. The molecule has 4 nitrogen and oxygen atoms in total. The van der Waals surface area contributed by atoms with Crippen LogP contribution in [0.1, 0.15) is 23.1 Å². The summed E-state index contributed by atoms with van der Waals surface area (Å²) in [7, 11) is -3.69. The highest BCUT2D eigenvalue weighted by atomic mass is 32.2. The minimum absolute atomic E-state index is 0.155. The number of ether oxygens (including phenoxy) is 1. The maximum Gasteiger partial charge on any atom is 0.296 e. The first-order valence-corrected chi connectivity index (χ1v) is 10.7. The van der Waals surface area contributed by atoms with E-state index in [1.165, 1.54) is 0 Å². The standard InChI is InChI=1S/C23H24O4S/c1-19-9-15-23(16-10-19)28(24,25)27-17-5-8-20-11-13-22(14-12-20)26-18-21-6-3-2-4-7-21/h2-4,6-7,9-16H,5,8,17-18H2,1H3. The fourth-order valence-electron chi connectivity index (χ4n) is 2.71. The van der Waals surface area contributed by atoms with Crippen LogP contribution >= 0.6 is 0 Å². The molecule has 3 aromatic rings. The summed E-state index contributed by atoms with van der Waals surface area (Å²) in [5.41, 5.74) is 3.25. The van der Waals surface area contributed by atoms with Crippen LogP contribution in [0.3, 0.4) is 0 Å². The van der Waals surface area contributed by atoms with E-state index in [0.29, 0.717) is 13.0 Å². The van der Waals surface area contributed by atoms with E-state index in [2.05, 4.69) is 0 Å². The molecule has 146 valence electrons. The minimum atomic E-state index is -3.69. The number of hydrogen-bond donors (Lipinski definition) is 0. The van der Waals surface area contributed by atoms with E-state index in [0.717, 1.165) is 28.9 Å². The Kier molecular flexibility index (Phi) is 6.85. The fraction of sp³-hybridized carbons (Fsp3) is 0.217. The largest absolute Gasteiger partial charge is 0.489 e. The van der Waals surface area contributed by atoms with Gasteiger partial charge in [-0.15, -0.1) is 0 Å². The van der Waals surface area contributed by atoms with Gasteiger partial charge >= 0.3 is 0 Å². The fourth-order valence-corrected chi connectivity index (χ4v) is 3.65. The number of hydrogen-bond acceptors (Lipinski definition) is 4. The molecule has 0 saturated carbocycles. The van der Waals surface area contributed by atoms with E-state index in [-0.39, 0.29) is 11.5 Å². The first-order chi connectivity index (χ1) is 13.5. The molecule has 0 N–H and O–H groups in total. The van der Waals surface area contributed by atoms with Gasteiger partial charge < -0.3 is 4.74 Å².